The van der Waals surface area contributed by atoms with Crippen molar-refractivity contribution in [2.75, 3.05) is 26.7 Å². The number of nitrogens with one attached hydrogen (secondary N) is 1. The van der Waals surface area contributed by atoms with E-state index in [1.54, 1.807) is 0 Å². The zero-order valence-electron chi connectivity index (χ0n) is 13.2. The topological polar surface area (TPSA) is 24.5 Å². The summed E-state index contributed by atoms with van der Waals surface area (Å²) >= 11 is 0. The zero-order chi connectivity index (χ0) is 14.3. The van der Waals surface area contributed by atoms with Crippen LogP contribution in [0.15, 0.2) is 12.7 Å². The lowest BCUT2D eigenvalue weighted by molar-refractivity contribution is 0.0251. The van der Waals surface area contributed by atoms with Gasteiger partial charge in [0.2, 0.25) is 0 Å². The summed E-state index contributed by atoms with van der Waals surface area (Å²) in [6.45, 7) is 13.5. The summed E-state index contributed by atoms with van der Waals surface area (Å²) in [5.74, 6) is 0. The molecule has 19 heavy (non-hydrogen) atoms. The molecule has 1 saturated heterocycles. The predicted molar refractivity (Wildman–Crippen MR) is 82.6 cm³/mol. The second-order valence-electron chi connectivity index (χ2n) is 6.78. The molecule has 0 spiro atoms. The maximum absolute atomic E-state index is 6.11. The molecule has 112 valence electrons. The molecule has 1 fully saturated rings. The summed E-state index contributed by atoms with van der Waals surface area (Å²) in [5.41, 5.74) is 0.183. The van der Waals surface area contributed by atoms with Crippen LogP contribution in [0.3, 0.4) is 0 Å². The lowest BCUT2D eigenvalue weighted by Gasteiger charge is -2.24. The summed E-state index contributed by atoms with van der Waals surface area (Å²) < 4.78 is 6.11. The molecular formula is C16H32N2O. The highest BCUT2D eigenvalue weighted by atomic mass is 16.5. The second kappa shape index (κ2) is 8.03. The summed E-state index contributed by atoms with van der Waals surface area (Å²) in [6, 6.07) is 0. The number of unbranched alkanes of at least 4 members (excludes halogenated alkanes) is 1. The summed E-state index contributed by atoms with van der Waals surface area (Å²) in [6.07, 6.45) is 7.49. The van der Waals surface area contributed by atoms with E-state index in [0.29, 0.717) is 12.2 Å². The Morgan fingerprint density at radius 1 is 1.32 bits per heavy atom. The number of likely N-dealkylation sites (N-methyl/N-ethyl adjacent to an activating group) is 1. The van der Waals surface area contributed by atoms with Gasteiger partial charge in [-0.3, -0.25) is 0 Å². The van der Waals surface area contributed by atoms with Gasteiger partial charge in [-0.15, -0.1) is 6.58 Å². The smallest absolute Gasteiger partial charge is 0.0707 e. The van der Waals surface area contributed by atoms with E-state index in [1.807, 2.05) is 6.08 Å². The van der Waals surface area contributed by atoms with E-state index in [0.717, 1.165) is 26.1 Å². The molecule has 3 heteroatoms. The van der Waals surface area contributed by atoms with Crippen LogP contribution >= 0.6 is 0 Å². The fourth-order valence-corrected chi connectivity index (χ4v) is 2.43. The molecule has 1 heterocycles. The zero-order valence-corrected chi connectivity index (χ0v) is 13.2. The van der Waals surface area contributed by atoms with Gasteiger partial charge < -0.3 is 15.0 Å². The maximum Gasteiger partial charge on any atom is 0.0707 e. The van der Waals surface area contributed by atoms with Crippen LogP contribution in [0.4, 0.5) is 0 Å². The van der Waals surface area contributed by atoms with Crippen LogP contribution < -0.4 is 5.32 Å². The number of nitrogens with zero attached hydrogens (tertiary/aromatic N) is 1. The minimum absolute atomic E-state index is 0.183. The van der Waals surface area contributed by atoms with E-state index in [-0.39, 0.29) is 5.54 Å². The van der Waals surface area contributed by atoms with Gasteiger partial charge >= 0.3 is 0 Å². The standard InChI is InChI=1S/C16H32N2O/c1-6-7-8-11-18(5)13-15-10-9-14(19-15)12-17-16(2,3)4/h6,14-15,17H,1,7-13H2,2-5H3. The molecule has 0 saturated carbocycles. The highest BCUT2D eigenvalue weighted by Gasteiger charge is 2.26. The van der Waals surface area contributed by atoms with Crippen LogP contribution in [0.1, 0.15) is 46.5 Å². The molecule has 0 aromatic heterocycles. The van der Waals surface area contributed by atoms with Gasteiger partial charge in [0.05, 0.1) is 12.2 Å². The molecule has 0 aromatic rings. The third-order valence-electron chi connectivity index (χ3n) is 3.52. The van der Waals surface area contributed by atoms with Crippen LogP contribution in [0, 0.1) is 0 Å². The first-order chi connectivity index (χ1) is 8.90. The van der Waals surface area contributed by atoms with Crippen LogP contribution in [0.2, 0.25) is 0 Å². The summed E-state index contributed by atoms with van der Waals surface area (Å²) in [4.78, 5) is 2.38. The Morgan fingerprint density at radius 2 is 2.00 bits per heavy atom. The van der Waals surface area contributed by atoms with Crippen molar-refractivity contribution >= 4 is 0 Å². The van der Waals surface area contributed by atoms with Gasteiger partial charge in [-0.25, -0.2) is 0 Å². The fraction of sp³-hybridized carbons (Fsp3) is 0.875. The van der Waals surface area contributed by atoms with Crippen molar-refractivity contribution in [3.8, 4) is 0 Å². The van der Waals surface area contributed by atoms with Gasteiger partial charge in [0.15, 0.2) is 0 Å². The monoisotopic (exact) mass is 268 g/mol. The van der Waals surface area contributed by atoms with Gasteiger partial charge in [-0.2, -0.15) is 0 Å². The van der Waals surface area contributed by atoms with E-state index >= 15 is 0 Å². The number of allylic oxidation sites excluding steroid dienone is 1. The first-order valence-corrected chi connectivity index (χ1v) is 7.60. The van der Waals surface area contributed by atoms with Gasteiger partial charge in [-0.1, -0.05) is 6.08 Å². The van der Waals surface area contributed by atoms with Gasteiger partial charge in [0.25, 0.3) is 0 Å². The number of ether oxygens (including phenoxy) is 1. The highest BCUT2D eigenvalue weighted by molar-refractivity contribution is 4.80. The van der Waals surface area contributed by atoms with Crippen molar-refractivity contribution in [1.29, 1.82) is 0 Å². The second-order valence-corrected chi connectivity index (χ2v) is 6.78. The van der Waals surface area contributed by atoms with E-state index in [2.05, 4.69) is 44.6 Å². The Hall–Kier alpha value is -0.380. The highest BCUT2D eigenvalue weighted by Crippen LogP contribution is 2.20. The van der Waals surface area contributed by atoms with E-state index in [9.17, 15) is 0 Å². The van der Waals surface area contributed by atoms with Crippen molar-refractivity contribution in [2.45, 2.75) is 64.2 Å². The molecule has 2 unspecified atom stereocenters. The minimum atomic E-state index is 0.183. The van der Waals surface area contributed by atoms with Crippen molar-refractivity contribution in [3.05, 3.63) is 12.7 Å². The van der Waals surface area contributed by atoms with E-state index in [1.165, 1.54) is 19.3 Å². The Kier molecular flexibility index (Phi) is 7.05. The van der Waals surface area contributed by atoms with Crippen molar-refractivity contribution < 1.29 is 4.74 Å². The normalized spacial score (nSPS) is 24.1. The molecule has 1 N–H and O–H groups in total. The molecule has 0 aliphatic carbocycles. The SMILES string of the molecule is C=CCCCN(C)CC1CCC(CNC(C)(C)C)O1. The third-order valence-corrected chi connectivity index (χ3v) is 3.52. The largest absolute Gasteiger partial charge is 0.372 e. The molecular weight excluding hydrogens is 236 g/mol. The van der Waals surface area contributed by atoms with Gasteiger partial charge in [-0.05, 0) is 60.0 Å². The average molecular weight is 268 g/mol. The van der Waals surface area contributed by atoms with Crippen LogP contribution in [-0.4, -0.2) is 49.3 Å². The molecule has 2 atom stereocenters. The Balaban J connectivity index is 2.15. The summed E-state index contributed by atoms with van der Waals surface area (Å²) in [7, 11) is 2.19. The van der Waals surface area contributed by atoms with Crippen LogP contribution in [-0.2, 0) is 4.74 Å². The van der Waals surface area contributed by atoms with E-state index in [4.69, 9.17) is 4.74 Å². The molecule has 1 aliphatic heterocycles. The molecule has 1 aliphatic rings. The molecule has 0 aromatic carbocycles. The lowest BCUT2D eigenvalue weighted by atomic mass is 10.1. The summed E-state index contributed by atoms with van der Waals surface area (Å²) in [5, 5.41) is 3.53. The lowest BCUT2D eigenvalue weighted by Crippen LogP contribution is -2.41. The molecule has 1 rings (SSSR count). The molecule has 3 nitrogen and oxygen atoms in total. The first-order valence-electron chi connectivity index (χ1n) is 7.60. The minimum Gasteiger partial charge on any atom is -0.372 e. The third kappa shape index (κ3) is 7.71. The molecule has 0 bridgehead atoms. The van der Waals surface area contributed by atoms with Crippen molar-refractivity contribution in [1.82, 2.24) is 10.2 Å². The van der Waals surface area contributed by atoms with Gasteiger partial charge in [0.1, 0.15) is 0 Å². The van der Waals surface area contributed by atoms with Gasteiger partial charge in [0, 0.05) is 18.6 Å². The number of hydrogen-bond donors (Lipinski definition) is 1. The average Bonchev–Trinajstić information content (AvgIpc) is 2.73. The van der Waals surface area contributed by atoms with Crippen molar-refractivity contribution in [3.63, 3.8) is 0 Å². The van der Waals surface area contributed by atoms with Crippen LogP contribution in [0.25, 0.3) is 0 Å². The Bertz CT molecular complexity index is 260. The van der Waals surface area contributed by atoms with E-state index < -0.39 is 0 Å². The number of rotatable bonds is 8. The molecule has 0 amide bonds. The predicted octanol–water partition coefficient (Wildman–Crippen LogP) is 2.82. The first kappa shape index (κ1) is 16.7. The van der Waals surface area contributed by atoms with Crippen LogP contribution in [0.5, 0.6) is 0 Å². The maximum atomic E-state index is 6.11. The fourth-order valence-electron chi connectivity index (χ4n) is 2.43. The quantitative estimate of drug-likeness (QED) is 0.541. The van der Waals surface area contributed by atoms with Crippen molar-refractivity contribution in [2.24, 2.45) is 0 Å². The molecule has 0 radical (unpaired) electrons. The number of hydrogen-bond acceptors (Lipinski definition) is 3. The Labute approximate surface area is 119 Å². The Morgan fingerprint density at radius 3 is 2.63 bits per heavy atom.